The summed E-state index contributed by atoms with van der Waals surface area (Å²) in [6, 6.07) is 4.23. The van der Waals surface area contributed by atoms with Crippen molar-refractivity contribution in [2.45, 2.75) is 45.4 Å². The second kappa shape index (κ2) is 7.04. The number of amides is 3. The molecule has 0 aromatic carbocycles. The highest BCUT2D eigenvalue weighted by molar-refractivity contribution is 5.88. The van der Waals surface area contributed by atoms with Crippen molar-refractivity contribution in [3.8, 4) is 0 Å². The Kier molecular flexibility index (Phi) is 5.28. The molecular formula is C16H24N4O4. The average Bonchev–Trinajstić information content (AvgIpc) is 2.78. The van der Waals surface area contributed by atoms with Crippen molar-refractivity contribution < 1.29 is 19.4 Å². The second-order valence-corrected chi connectivity index (χ2v) is 6.82. The Labute approximate surface area is 141 Å². The summed E-state index contributed by atoms with van der Waals surface area (Å²) < 4.78 is 5.27. The lowest BCUT2D eigenvalue weighted by atomic mass is 10.2. The fraction of sp³-hybridized carbons (Fsp3) is 0.562. The molecule has 1 saturated heterocycles. The predicted molar refractivity (Wildman–Crippen MR) is 88.7 cm³/mol. The highest BCUT2D eigenvalue weighted by Crippen LogP contribution is 2.16. The maximum Gasteiger partial charge on any atom is 0.410 e. The van der Waals surface area contributed by atoms with Gasteiger partial charge in [-0.25, -0.2) is 14.6 Å². The van der Waals surface area contributed by atoms with E-state index in [2.05, 4.69) is 15.6 Å². The lowest BCUT2D eigenvalue weighted by molar-refractivity contribution is 0.0270. The van der Waals surface area contributed by atoms with Gasteiger partial charge in [0.1, 0.15) is 11.4 Å². The van der Waals surface area contributed by atoms with Gasteiger partial charge in [0, 0.05) is 12.2 Å². The summed E-state index contributed by atoms with van der Waals surface area (Å²) >= 11 is 0. The van der Waals surface area contributed by atoms with Gasteiger partial charge in [-0.2, -0.15) is 0 Å². The van der Waals surface area contributed by atoms with Gasteiger partial charge in [0.05, 0.1) is 18.7 Å². The van der Waals surface area contributed by atoms with Crippen LogP contribution in [-0.2, 0) is 4.74 Å². The van der Waals surface area contributed by atoms with E-state index in [4.69, 9.17) is 4.74 Å². The molecule has 0 spiro atoms. The van der Waals surface area contributed by atoms with Gasteiger partial charge >= 0.3 is 12.1 Å². The zero-order chi connectivity index (χ0) is 17.9. The fourth-order valence-corrected chi connectivity index (χ4v) is 2.34. The molecule has 1 aromatic rings. The van der Waals surface area contributed by atoms with Gasteiger partial charge in [0.25, 0.3) is 0 Å². The van der Waals surface area contributed by atoms with Crippen molar-refractivity contribution in [1.82, 2.24) is 15.2 Å². The normalized spacial score (nSPS) is 20.6. The number of carbonyl (C=O) groups excluding carboxylic acids is 2. The van der Waals surface area contributed by atoms with E-state index in [9.17, 15) is 14.7 Å². The number of nitrogens with one attached hydrogen (secondary N) is 2. The molecule has 0 bridgehead atoms. The van der Waals surface area contributed by atoms with Crippen LogP contribution in [0.4, 0.5) is 15.4 Å². The molecule has 8 heteroatoms. The zero-order valence-corrected chi connectivity index (χ0v) is 14.4. The minimum absolute atomic E-state index is 0.114. The highest BCUT2D eigenvalue weighted by Gasteiger charge is 2.37. The van der Waals surface area contributed by atoms with Gasteiger partial charge < -0.3 is 20.1 Å². The number of aliphatic hydroxyl groups is 1. The molecule has 0 aliphatic carbocycles. The van der Waals surface area contributed by atoms with Gasteiger partial charge in [-0.3, -0.25) is 5.32 Å². The lowest BCUT2D eigenvalue weighted by Gasteiger charge is -2.24. The Bertz CT molecular complexity index is 614. The number of urea groups is 1. The van der Waals surface area contributed by atoms with Crippen LogP contribution in [0.5, 0.6) is 0 Å². The van der Waals surface area contributed by atoms with Crippen LogP contribution < -0.4 is 10.6 Å². The fourth-order valence-electron chi connectivity index (χ4n) is 2.34. The maximum absolute atomic E-state index is 12.0. The molecule has 1 aliphatic heterocycles. The number of nitrogens with zero attached hydrogens (tertiary/aromatic N) is 2. The number of rotatable bonds is 2. The number of pyridine rings is 1. The standard InChI is InChI=1S/C16H24N4O4/c1-10-6-5-7-13(17-10)19-14(22)18-11-8-20(9-12(11)21)15(23)24-16(2,3)4/h5-7,11-12,21H,8-9H2,1-4H3,(H2,17,18,19,22)/t11-,12+/m1/s1. The third-order valence-corrected chi connectivity index (χ3v) is 3.39. The molecule has 0 unspecified atom stereocenters. The number of aliphatic hydroxyl groups excluding tert-OH is 1. The maximum atomic E-state index is 12.0. The monoisotopic (exact) mass is 336 g/mol. The predicted octanol–water partition coefficient (Wildman–Crippen LogP) is 1.49. The van der Waals surface area contributed by atoms with E-state index in [1.807, 2.05) is 13.0 Å². The van der Waals surface area contributed by atoms with Crippen LogP contribution in [0, 0.1) is 6.92 Å². The SMILES string of the molecule is Cc1cccc(NC(=O)N[C@@H]2CN(C(=O)OC(C)(C)C)C[C@@H]2O)n1. The molecule has 0 saturated carbocycles. The highest BCUT2D eigenvalue weighted by atomic mass is 16.6. The van der Waals surface area contributed by atoms with Crippen molar-refractivity contribution >= 4 is 17.9 Å². The van der Waals surface area contributed by atoms with Crippen molar-refractivity contribution in [2.24, 2.45) is 0 Å². The summed E-state index contributed by atoms with van der Waals surface area (Å²) in [5.74, 6) is 0.420. The number of hydrogen-bond donors (Lipinski definition) is 3. The van der Waals surface area contributed by atoms with E-state index in [1.54, 1.807) is 32.9 Å². The lowest BCUT2D eigenvalue weighted by Crippen LogP contribution is -2.45. The van der Waals surface area contributed by atoms with E-state index in [0.29, 0.717) is 5.82 Å². The first kappa shape index (κ1) is 18.0. The molecule has 1 fully saturated rings. The number of ether oxygens (including phenoxy) is 1. The molecule has 132 valence electrons. The van der Waals surface area contributed by atoms with Gasteiger partial charge in [-0.1, -0.05) is 6.07 Å². The molecule has 0 radical (unpaired) electrons. The van der Waals surface area contributed by atoms with E-state index < -0.39 is 29.9 Å². The number of hydrogen-bond acceptors (Lipinski definition) is 5. The molecular weight excluding hydrogens is 312 g/mol. The molecule has 24 heavy (non-hydrogen) atoms. The molecule has 3 N–H and O–H groups in total. The van der Waals surface area contributed by atoms with Gasteiger partial charge in [-0.05, 0) is 39.8 Å². The molecule has 2 rings (SSSR count). The Hall–Kier alpha value is -2.35. The van der Waals surface area contributed by atoms with E-state index in [0.717, 1.165) is 5.69 Å². The smallest absolute Gasteiger partial charge is 0.410 e. The first-order valence-electron chi connectivity index (χ1n) is 7.81. The minimum atomic E-state index is -0.853. The topological polar surface area (TPSA) is 104 Å². The number of aromatic nitrogens is 1. The summed E-state index contributed by atoms with van der Waals surface area (Å²) in [4.78, 5) is 29.6. The Balaban J connectivity index is 1.88. The molecule has 8 nitrogen and oxygen atoms in total. The Morgan fingerprint density at radius 3 is 2.67 bits per heavy atom. The van der Waals surface area contributed by atoms with E-state index >= 15 is 0 Å². The van der Waals surface area contributed by atoms with Crippen LogP contribution in [-0.4, -0.2) is 58.0 Å². The molecule has 2 atom stereocenters. The first-order chi connectivity index (χ1) is 11.1. The molecule has 3 amide bonds. The largest absolute Gasteiger partial charge is 0.444 e. The van der Waals surface area contributed by atoms with E-state index in [-0.39, 0.29) is 13.1 Å². The van der Waals surface area contributed by atoms with Crippen LogP contribution in [0.25, 0.3) is 0 Å². The van der Waals surface area contributed by atoms with Gasteiger partial charge in [-0.15, -0.1) is 0 Å². The van der Waals surface area contributed by atoms with Crippen molar-refractivity contribution in [1.29, 1.82) is 0 Å². The minimum Gasteiger partial charge on any atom is -0.444 e. The molecule has 2 heterocycles. The number of aryl methyl sites for hydroxylation is 1. The molecule has 1 aliphatic rings. The third-order valence-electron chi connectivity index (χ3n) is 3.39. The third kappa shape index (κ3) is 5.09. The molecule has 1 aromatic heterocycles. The van der Waals surface area contributed by atoms with Gasteiger partial charge in [0.15, 0.2) is 0 Å². The summed E-state index contributed by atoms with van der Waals surface area (Å²) in [6.45, 7) is 7.44. The number of anilines is 1. The van der Waals surface area contributed by atoms with Crippen molar-refractivity contribution in [3.63, 3.8) is 0 Å². The van der Waals surface area contributed by atoms with E-state index in [1.165, 1.54) is 4.90 Å². The van der Waals surface area contributed by atoms with Crippen LogP contribution >= 0.6 is 0 Å². The average molecular weight is 336 g/mol. The van der Waals surface area contributed by atoms with Crippen LogP contribution in [0.2, 0.25) is 0 Å². The number of likely N-dealkylation sites (tertiary alicyclic amines) is 1. The summed E-state index contributed by atoms with van der Waals surface area (Å²) in [7, 11) is 0. The van der Waals surface area contributed by atoms with Gasteiger partial charge in [0.2, 0.25) is 0 Å². The van der Waals surface area contributed by atoms with Crippen LogP contribution in [0.1, 0.15) is 26.5 Å². The van der Waals surface area contributed by atoms with Crippen molar-refractivity contribution in [2.75, 3.05) is 18.4 Å². The zero-order valence-electron chi connectivity index (χ0n) is 14.4. The first-order valence-corrected chi connectivity index (χ1v) is 7.81. The second-order valence-electron chi connectivity index (χ2n) is 6.82. The Morgan fingerprint density at radius 1 is 1.33 bits per heavy atom. The number of β-amino-alcohol motifs (C(OH)–C–C–N with tert-alkyl or cyclic N) is 1. The Morgan fingerprint density at radius 2 is 2.04 bits per heavy atom. The summed E-state index contributed by atoms with van der Waals surface area (Å²) in [5.41, 5.74) is 0.173. The van der Waals surface area contributed by atoms with Crippen LogP contribution in [0.3, 0.4) is 0 Å². The van der Waals surface area contributed by atoms with Crippen LogP contribution in [0.15, 0.2) is 18.2 Å². The quantitative estimate of drug-likeness (QED) is 0.759. The number of carbonyl (C=O) groups is 2. The summed E-state index contributed by atoms with van der Waals surface area (Å²) in [6.07, 6.45) is -1.36. The summed E-state index contributed by atoms with van der Waals surface area (Å²) in [5, 5.41) is 15.3. The van der Waals surface area contributed by atoms with Crippen molar-refractivity contribution in [3.05, 3.63) is 23.9 Å².